The van der Waals surface area contributed by atoms with Gasteiger partial charge in [-0.1, -0.05) is 29.8 Å². The van der Waals surface area contributed by atoms with Crippen LogP contribution in [0.5, 0.6) is 0 Å². The van der Waals surface area contributed by atoms with Gasteiger partial charge in [0.25, 0.3) is 5.91 Å². The van der Waals surface area contributed by atoms with Crippen LogP contribution in [0.3, 0.4) is 0 Å². The number of rotatable bonds is 6. The number of anilines is 1. The molecule has 0 fully saturated rings. The first-order chi connectivity index (χ1) is 11.9. The van der Waals surface area contributed by atoms with E-state index < -0.39 is 18.0 Å². The minimum atomic E-state index is -0.947. The molecule has 2 aromatic rings. The molecule has 1 amide bonds. The highest BCUT2D eigenvalue weighted by Crippen LogP contribution is 2.23. The number of ether oxygens (including phenoxy) is 2. The van der Waals surface area contributed by atoms with Crippen LogP contribution in [0.2, 0.25) is 5.02 Å². The number of hydrogen-bond acceptors (Lipinski definition) is 4. The van der Waals surface area contributed by atoms with Crippen molar-refractivity contribution in [2.75, 3.05) is 12.4 Å². The Morgan fingerprint density at radius 1 is 1.20 bits per heavy atom. The standard InChI is InChI=1S/C19H20ClNO4/c1-12-16(20)8-5-9-17(12)21-18(22)13(2)25-19(23)15-7-4-6-14(10-15)11-24-3/h4-10,13H,11H2,1-3H3,(H,21,22)/t13-/m0/s1. The fourth-order valence-corrected chi connectivity index (χ4v) is 2.39. The molecule has 0 unspecified atom stereocenters. The van der Waals surface area contributed by atoms with Crippen LogP contribution in [0.25, 0.3) is 0 Å². The van der Waals surface area contributed by atoms with Gasteiger partial charge in [-0.15, -0.1) is 0 Å². The third-order valence-corrected chi connectivity index (χ3v) is 4.06. The van der Waals surface area contributed by atoms with Crippen molar-refractivity contribution >= 4 is 29.2 Å². The van der Waals surface area contributed by atoms with E-state index in [0.29, 0.717) is 22.9 Å². The Morgan fingerprint density at radius 2 is 1.92 bits per heavy atom. The van der Waals surface area contributed by atoms with Crippen molar-refractivity contribution in [3.63, 3.8) is 0 Å². The third-order valence-electron chi connectivity index (χ3n) is 3.65. The molecule has 0 aliphatic heterocycles. The maximum atomic E-state index is 12.3. The van der Waals surface area contributed by atoms with Crippen LogP contribution in [0.15, 0.2) is 42.5 Å². The Hall–Kier alpha value is -2.37. The lowest BCUT2D eigenvalue weighted by Crippen LogP contribution is -2.30. The fraction of sp³-hybridized carbons (Fsp3) is 0.263. The Balaban J connectivity index is 2.02. The zero-order valence-electron chi connectivity index (χ0n) is 14.3. The van der Waals surface area contributed by atoms with E-state index >= 15 is 0 Å². The van der Waals surface area contributed by atoms with Gasteiger partial charge in [-0.25, -0.2) is 4.79 Å². The second kappa shape index (κ2) is 8.65. The van der Waals surface area contributed by atoms with Crippen molar-refractivity contribution in [3.05, 3.63) is 64.2 Å². The first-order valence-electron chi connectivity index (χ1n) is 7.77. The Kier molecular flexibility index (Phi) is 6.56. The topological polar surface area (TPSA) is 64.6 Å². The molecule has 132 valence electrons. The normalized spacial score (nSPS) is 11.7. The number of hydrogen-bond donors (Lipinski definition) is 1. The highest BCUT2D eigenvalue weighted by Gasteiger charge is 2.20. The number of carbonyl (C=O) groups excluding carboxylic acids is 2. The molecule has 0 aliphatic carbocycles. The van der Waals surface area contributed by atoms with Crippen molar-refractivity contribution in [1.82, 2.24) is 0 Å². The molecule has 1 N–H and O–H groups in total. The van der Waals surface area contributed by atoms with Gasteiger partial charge in [0.05, 0.1) is 12.2 Å². The number of carbonyl (C=O) groups is 2. The van der Waals surface area contributed by atoms with Gasteiger partial charge in [0, 0.05) is 17.8 Å². The minimum Gasteiger partial charge on any atom is -0.449 e. The summed E-state index contributed by atoms with van der Waals surface area (Å²) >= 11 is 6.03. The monoisotopic (exact) mass is 361 g/mol. The lowest BCUT2D eigenvalue weighted by molar-refractivity contribution is -0.123. The Morgan fingerprint density at radius 3 is 2.64 bits per heavy atom. The van der Waals surface area contributed by atoms with Crippen molar-refractivity contribution in [2.45, 2.75) is 26.6 Å². The Bertz CT molecular complexity index is 776. The zero-order chi connectivity index (χ0) is 18.4. The molecule has 0 saturated heterocycles. The summed E-state index contributed by atoms with van der Waals surface area (Å²) in [7, 11) is 1.58. The SMILES string of the molecule is COCc1cccc(C(=O)O[C@@H](C)C(=O)Nc2cccc(Cl)c2C)c1. The van der Waals surface area contributed by atoms with E-state index in [1.54, 1.807) is 50.4 Å². The second-order valence-electron chi connectivity index (χ2n) is 5.58. The van der Waals surface area contributed by atoms with Crippen LogP contribution in [0.4, 0.5) is 5.69 Å². The van der Waals surface area contributed by atoms with Gasteiger partial charge in [-0.05, 0) is 49.2 Å². The molecule has 25 heavy (non-hydrogen) atoms. The van der Waals surface area contributed by atoms with Gasteiger partial charge in [-0.3, -0.25) is 4.79 Å². The molecule has 6 heteroatoms. The molecule has 0 aromatic heterocycles. The van der Waals surface area contributed by atoms with Gasteiger partial charge in [-0.2, -0.15) is 0 Å². The van der Waals surface area contributed by atoms with Crippen molar-refractivity contribution in [1.29, 1.82) is 0 Å². The molecule has 0 radical (unpaired) electrons. The van der Waals surface area contributed by atoms with E-state index in [-0.39, 0.29) is 0 Å². The molecule has 1 atom stereocenters. The maximum absolute atomic E-state index is 12.3. The molecule has 0 aliphatic rings. The van der Waals surface area contributed by atoms with Crippen LogP contribution in [-0.4, -0.2) is 25.1 Å². The molecule has 0 spiro atoms. The number of nitrogens with one attached hydrogen (secondary N) is 1. The number of esters is 1. The van der Waals surface area contributed by atoms with Gasteiger partial charge in [0.1, 0.15) is 0 Å². The van der Waals surface area contributed by atoms with E-state index in [9.17, 15) is 9.59 Å². The Labute approximate surface area is 151 Å². The highest BCUT2D eigenvalue weighted by atomic mass is 35.5. The van der Waals surface area contributed by atoms with Crippen LogP contribution < -0.4 is 5.32 Å². The fourth-order valence-electron chi connectivity index (χ4n) is 2.21. The lowest BCUT2D eigenvalue weighted by atomic mass is 10.1. The van der Waals surface area contributed by atoms with Gasteiger partial charge in [0.2, 0.25) is 0 Å². The van der Waals surface area contributed by atoms with Gasteiger partial charge < -0.3 is 14.8 Å². The molecule has 0 saturated carbocycles. The molecule has 0 bridgehead atoms. The predicted octanol–water partition coefficient (Wildman–Crippen LogP) is 3.98. The maximum Gasteiger partial charge on any atom is 0.338 e. The summed E-state index contributed by atoms with van der Waals surface area (Å²) < 4.78 is 10.3. The predicted molar refractivity (Wildman–Crippen MR) is 96.9 cm³/mol. The summed E-state index contributed by atoms with van der Waals surface area (Å²) in [4.78, 5) is 24.5. The van der Waals surface area contributed by atoms with Crippen LogP contribution >= 0.6 is 11.6 Å². The van der Waals surface area contributed by atoms with Crippen molar-refractivity contribution < 1.29 is 19.1 Å². The molecule has 0 heterocycles. The highest BCUT2D eigenvalue weighted by molar-refractivity contribution is 6.31. The van der Waals surface area contributed by atoms with Gasteiger partial charge in [0.15, 0.2) is 6.10 Å². The number of benzene rings is 2. The molecule has 2 aromatic carbocycles. The largest absolute Gasteiger partial charge is 0.449 e. The van der Waals surface area contributed by atoms with E-state index in [4.69, 9.17) is 21.1 Å². The quantitative estimate of drug-likeness (QED) is 0.790. The number of halogens is 1. The van der Waals surface area contributed by atoms with Crippen LogP contribution in [0.1, 0.15) is 28.4 Å². The first kappa shape index (κ1) is 19.0. The third kappa shape index (κ3) is 5.05. The van der Waals surface area contributed by atoms with E-state index in [0.717, 1.165) is 11.1 Å². The smallest absolute Gasteiger partial charge is 0.338 e. The second-order valence-corrected chi connectivity index (χ2v) is 5.99. The average Bonchev–Trinajstić information content (AvgIpc) is 2.59. The zero-order valence-corrected chi connectivity index (χ0v) is 15.1. The van der Waals surface area contributed by atoms with Gasteiger partial charge >= 0.3 is 5.97 Å². The number of methoxy groups -OCH3 is 1. The van der Waals surface area contributed by atoms with Crippen LogP contribution in [-0.2, 0) is 20.9 Å². The molecular formula is C19H20ClNO4. The molecule has 2 rings (SSSR count). The lowest BCUT2D eigenvalue weighted by Gasteiger charge is -2.15. The van der Waals surface area contributed by atoms with E-state index in [2.05, 4.69) is 5.32 Å². The van der Waals surface area contributed by atoms with E-state index in [1.165, 1.54) is 6.92 Å². The molecular weight excluding hydrogens is 342 g/mol. The van der Waals surface area contributed by atoms with Crippen LogP contribution in [0, 0.1) is 6.92 Å². The summed E-state index contributed by atoms with van der Waals surface area (Å²) in [5.41, 5.74) is 2.56. The summed E-state index contributed by atoms with van der Waals surface area (Å²) in [6.07, 6.45) is -0.947. The summed E-state index contributed by atoms with van der Waals surface area (Å²) in [6.45, 7) is 3.72. The average molecular weight is 362 g/mol. The number of amides is 1. The summed E-state index contributed by atoms with van der Waals surface area (Å²) in [5.74, 6) is -0.991. The van der Waals surface area contributed by atoms with Crippen molar-refractivity contribution in [2.24, 2.45) is 0 Å². The minimum absolute atomic E-state index is 0.369. The van der Waals surface area contributed by atoms with E-state index in [1.807, 2.05) is 6.07 Å². The summed E-state index contributed by atoms with van der Waals surface area (Å²) in [6, 6.07) is 12.1. The van der Waals surface area contributed by atoms with Crippen molar-refractivity contribution in [3.8, 4) is 0 Å². The molecule has 5 nitrogen and oxygen atoms in total. The first-order valence-corrected chi connectivity index (χ1v) is 8.15. The summed E-state index contributed by atoms with van der Waals surface area (Å²) in [5, 5.41) is 3.27.